The maximum Gasteiger partial charge on any atom is 0.509 e. The van der Waals surface area contributed by atoms with E-state index in [4.69, 9.17) is 5.26 Å². The van der Waals surface area contributed by atoms with Crippen LogP contribution in [0.15, 0.2) is 18.2 Å². The third-order valence-electron chi connectivity index (χ3n) is 1.49. The van der Waals surface area contributed by atoms with Gasteiger partial charge in [0.15, 0.2) is 0 Å². The SMILES string of the molecule is N#Cc1ccc([B-](F)(F)F)cc1F. The van der Waals surface area contributed by atoms with Crippen LogP contribution in [0.5, 0.6) is 0 Å². The third-order valence-corrected chi connectivity index (χ3v) is 1.49. The van der Waals surface area contributed by atoms with E-state index in [1.165, 1.54) is 6.07 Å². The Morgan fingerprint density at radius 2 is 1.85 bits per heavy atom. The third kappa shape index (κ3) is 1.99. The molecule has 0 saturated carbocycles. The molecule has 0 saturated heterocycles. The first-order chi connectivity index (χ1) is 5.95. The monoisotopic (exact) mass is 188 g/mol. The summed E-state index contributed by atoms with van der Waals surface area (Å²) < 4.78 is 48.7. The molecule has 0 atom stereocenters. The summed E-state index contributed by atoms with van der Waals surface area (Å²) in [6.07, 6.45) is 0. The fraction of sp³-hybridized carbons (Fsp3) is 0. The minimum Gasteiger partial charge on any atom is -0.445 e. The Bertz CT molecular complexity index is 366. The van der Waals surface area contributed by atoms with Gasteiger partial charge < -0.3 is 12.9 Å². The first-order valence-electron chi connectivity index (χ1n) is 3.34. The van der Waals surface area contributed by atoms with E-state index < -0.39 is 18.3 Å². The Morgan fingerprint density at radius 3 is 2.23 bits per heavy atom. The fourth-order valence-electron chi connectivity index (χ4n) is 0.826. The van der Waals surface area contributed by atoms with Gasteiger partial charge in [0.1, 0.15) is 11.9 Å². The summed E-state index contributed by atoms with van der Waals surface area (Å²) in [6.45, 7) is -5.19. The zero-order chi connectivity index (χ0) is 10.1. The first kappa shape index (κ1) is 9.58. The van der Waals surface area contributed by atoms with Crippen LogP contribution in [0.4, 0.5) is 17.3 Å². The summed E-state index contributed by atoms with van der Waals surface area (Å²) in [5, 5.41) is 8.25. The van der Waals surface area contributed by atoms with Crippen molar-refractivity contribution < 1.29 is 17.3 Å². The van der Waals surface area contributed by atoms with E-state index in [1.807, 2.05) is 0 Å². The van der Waals surface area contributed by atoms with Gasteiger partial charge in [0.2, 0.25) is 0 Å². The molecule has 68 valence electrons. The second-order valence-electron chi connectivity index (χ2n) is 2.43. The van der Waals surface area contributed by atoms with E-state index >= 15 is 0 Å². The van der Waals surface area contributed by atoms with Crippen LogP contribution in [0, 0.1) is 17.1 Å². The molecule has 0 aliphatic carbocycles. The molecular weight excluding hydrogens is 185 g/mol. The molecule has 0 N–H and O–H groups in total. The Morgan fingerprint density at radius 1 is 1.23 bits per heavy atom. The Hall–Kier alpha value is -1.51. The van der Waals surface area contributed by atoms with Gasteiger partial charge >= 0.3 is 6.98 Å². The molecular formula is C7H3BF4N-. The van der Waals surface area contributed by atoms with Crippen molar-refractivity contribution in [3.63, 3.8) is 0 Å². The maximum atomic E-state index is 12.7. The van der Waals surface area contributed by atoms with Crippen LogP contribution in [0.3, 0.4) is 0 Å². The molecule has 1 nitrogen and oxygen atoms in total. The van der Waals surface area contributed by atoms with E-state index in [1.54, 1.807) is 0 Å². The molecule has 0 heterocycles. The van der Waals surface area contributed by atoms with Gasteiger partial charge in [0.25, 0.3) is 0 Å². The zero-order valence-electron chi connectivity index (χ0n) is 6.27. The lowest BCUT2D eigenvalue weighted by Gasteiger charge is -2.14. The van der Waals surface area contributed by atoms with E-state index in [2.05, 4.69) is 0 Å². The first-order valence-corrected chi connectivity index (χ1v) is 3.34. The molecule has 0 amide bonds. The molecule has 1 aromatic carbocycles. The van der Waals surface area contributed by atoms with Crippen molar-refractivity contribution in [3.8, 4) is 6.07 Å². The van der Waals surface area contributed by atoms with E-state index in [0.29, 0.717) is 12.1 Å². The van der Waals surface area contributed by atoms with E-state index in [-0.39, 0.29) is 5.56 Å². The lowest BCUT2D eigenvalue weighted by atomic mass is 9.80. The summed E-state index contributed by atoms with van der Waals surface area (Å²) in [5.41, 5.74) is -1.42. The van der Waals surface area contributed by atoms with Gasteiger partial charge in [-0.25, -0.2) is 4.39 Å². The van der Waals surface area contributed by atoms with Crippen LogP contribution >= 0.6 is 0 Å². The second-order valence-corrected chi connectivity index (χ2v) is 2.43. The van der Waals surface area contributed by atoms with Crippen molar-refractivity contribution in [1.29, 1.82) is 5.26 Å². The Labute approximate surface area is 71.7 Å². The molecule has 0 aromatic heterocycles. The van der Waals surface area contributed by atoms with Gasteiger partial charge in [-0.1, -0.05) is 12.1 Å². The van der Waals surface area contributed by atoms with Crippen LogP contribution in [-0.4, -0.2) is 6.98 Å². The van der Waals surface area contributed by atoms with Crippen molar-refractivity contribution in [2.45, 2.75) is 0 Å². The van der Waals surface area contributed by atoms with Gasteiger partial charge in [-0.15, -0.1) is 5.46 Å². The number of benzene rings is 1. The quantitative estimate of drug-likeness (QED) is 0.486. The van der Waals surface area contributed by atoms with Gasteiger partial charge in [0.05, 0.1) is 5.56 Å². The predicted octanol–water partition coefficient (Wildman–Crippen LogP) is 1.75. The van der Waals surface area contributed by atoms with Crippen molar-refractivity contribution in [1.82, 2.24) is 0 Å². The average molecular weight is 188 g/mol. The number of halogens is 4. The molecule has 0 unspecified atom stereocenters. The van der Waals surface area contributed by atoms with Gasteiger partial charge in [-0.05, 0) is 6.07 Å². The lowest BCUT2D eigenvalue weighted by molar-refractivity contribution is 0.500. The topological polar surface area (TPSA) is 23.8 Å². The number of rotatable bonds is 1. The van der Waals surface area contributed by atoms with Crippen molar-refractivity contribution in [2.75, 3.05) is 0 Å². The molecule has 6 heteroatoms. The molecule has 0 aliphatic heterocycles. The van der Waals surface area contributed by atoms with Crippen LogP contribution in [0.25, 0.3) is 0 Å². The highest BCUT2D eigenvalue weighted by atomic mass is 19.4. The zero-order valence-corrected chi connectivity index (χ0v) is 6.27. The highest BCUT2D eigenvalue weighted by Gasteiger charge is 2.26. The smallest absolute Gasteiger partial charge is 0.445 e. The standard InChI is InChI=1S/C7H3BF4N/c9-7-3-6(8(10,11)12)2-1-5(7)4-13/h1-3H/q-1. The van der Waals surface area contributed by atoms with Crippen molar-refractivity contribution in [3.05, 3.63) is 29.6 Å². The number of hydrogen-bond acceptors (Lipinski definition) is 1. The number of nitrogens with zero attached hydrogens (tertiary/aromatic N) is 1. The molecule has 1 aromatic rings. The van der Waals surface area contributed by atoms with Crippen LogP contribution in [-0.2, 0) is 0 Å². The highest BCUT2D eigenvalue weighted by molar-refractivity contribution is 6.73. The Balaban J connectivity index is 3.20. The van der Waals surface area contributed by atoms with Crippen LogP contribution < -0.4 is 5.46 Å². The normalized spacial score (nSPS) is 11.0. The summed E-state index contributed by atoms with van der Waals surface area (Å²) in [4.78, 5) is 0. The molecule has 0 spiro atoms. The minimum atomic E-state index is -5.19. The van der Waals surface area contributed by atoms with Gasteiger partial charge in [-0.2, -0.15) is 5.26 Å². The molecule has 0 radical (unpaired) electrons. The van der Waals surface area contributed by atoms with Gasteiger partial charge in [0, 0.05) is 0 Å². The summed E-state index contributed by atoms with van der Waals surface area (Å²) in [5.74, 6) is -1.14. The van der Waals surface area contributed by atoms with E-state index in [9.17, 15) is 17.3 Å². The van der Waals surface area contributed by atoms with Crippen molar-refractivity contribution in [2.24, 2.45) is 0 Å². The van der Waals surface area contributed by atoms with Gasteiger partial charge in [-0.3, -0.25) is 0 Å². The lowest BCUT2D eigenvalue weighted by Crippen LogP contribution is -2.34. The molecule has 0 fully saturated rings. The van der Waals surface area contributed by atoms with Crippen LogP contribution in [0.1, 0.15) is 5.56 Å². The average Bonchev–Trinajstić information content (AvgIpc) is 2.02. The van der Waals surface area contributed by atoms with E-state index in [0.717, 1.165) is 6.07 Å². The fourth-order valence-corrected chi connectivity index (χ4v) is 0.826. The Kier molecular flexibility index (Phi) is 2.28. The summed E-state index contributed by atoms with van der Waals surface area (Å²) in [7, 11) is 0. The number of nitriles is 1. The largest absolute Gasteiger partial charge is 0.509 e. The molecule has 13 heavy (non-hydrogen) atoms. The van der Waals surface area contributed by atoms with Crippen LogP contribution in [0.2, 0.25) is 0 Å². The molecule has 1 rings (SSSR count). The number of hydrogen-bond donors (Lipinski definition) is 0. The molecule has 0 bridgehead atoms. The molecule has 0 aliphatic rings. The summed E-state index contributed by atoms with van der Waals surface area (Å²) in [6, 6.07) is 3.29. The highest BCUT2D eigenvalue weighted by Crippen LogP contribution is 2.11. The minimum absolute atomic E-state index is 0.332. The maximum absolute atomic E-state index is 12.7. The predicted molar refractivity (Wildman–Crippen MR) is 39.8 cm³/mol. The summed E-state index contributed by atoms with van der Waals surface area (Å²) >= 11 is 0. The second kappa shape index (κ2) is 3.09. The van der Waals surface area contributed by atoms with Crippen molar-refractivity contribution >= 4 is 12.4 Å².